The minimum Gasteiger partial charge on any atom is -0.494 e. The molecule has 5 nitrogen and oxygen atoms in total. The van der Waals surface area contributed by atoms with E-state index in [4.69, 9.17) is 14.2 Å². The first-order valence-electron chi connectivity index (χ1n) is 14.4. The summed E-state index contributed by atoms with van der Waals surface area (Å²) in [5, 5.41) is 0. The van der Waals surface area contributed by atoms with Crippen LogP contribution in [0.1, 0.15) is 104 Å². The Morgan fingerprint density at radius 1 is 0.513 bits per heavy atom. The van der Waals surface area contributed by atoms with Crippen LogP contribution in [0.2, 0.25) is 0 Å². The number of carbonyl (C=O) groups excluding carboxylic acids is 2. The molecule has 0 heterocycles. The fourth-order valence-corrected chi connectivity index (χ4v) is 4.23. The molecule has 0 radical (unpaired) electrons. The quantitative estimate of drug-likeness (QED) is 0.0990. The molecule has 0 atom stereocenters. The Bertz CT molecular complexity index is 1120. The summed E-state index contributed by atoms with van der Waals surface area (Å²) in [4.78, 5) is 25.1. The summed E-state index contributed by atoms with van der Waals surface area (Å²) in [7, 11) is 0. The van der Waals surface area contributed by atoms with E-state index >= 15 is 0 Å². The van der Waals surface area contributed by atoms with E-state index in [0.717, 1.165) is 18.6 Å². The first-order chi connectivity index (χ1) is 19.1. The number of esters is 2. The Hall–Kier alpha value is -3.60. The van der Waals surface area contributed by atoms with Gasteiger partial charge in [0.2, 0.25) is 0 Å². The van der Waals surface area contributed by atoms with Crippen LogP contribution < -0.4 is 14.2 Å². The van der Waals surface area contributed by atoms with E-state index in [1.165, 1.54) is 63.4 Å². The first kappa shape index (κ1) is 29.9. The van der Waals surface area contributed by atoms with E-state index < -0.39 is 11.9 Å². The summed E-state index contributed by atoms with van der Waals surface area (Å²) in [6, 6.07) is 21.0. The van der Waals surface area contributed by atoms with E-state index in [-0.39, 0.29) is 0 Å². The molecule has 0 N–H and O–H groups in total. The second-order valence-electron chi connectivity index (χ2n) is 9.90. The van der Waals surface area contributed by atoms with E-state index in [1.807, 2.05) is 24.3 Å². The molecule has 208 valence electrons. The maximum atomic E-state index is 12.5. The Morgan fingerprint density at radius 2 is 0.949 bits per heavy atom. The van der Waals surface area contributed by atoms with Crippen molar-refractivity contribution in [2.24, 2.45) is 0 Å². The Kier molecular flexibility index (Phi) is 13.1. The maximum Gasteiger partial charge on any atom is 0.343 e. The molecule has 0 amide bonds. The number of ether oxygens (including phenoxy) is 3. The van der Waals surface area contributed by atoms with Gasteiger partial charge in [-0.2, -0.15) is 0 Å². The Balaban J connectivity index is 1.41. The van der Waals surface area contributed by atoms with Gasteiger partial charge in [0, 0.05) is 0 Å². The van der Waals surface area contributed by atoms with Gasteiger partial charge in [0.05, 0.1) is 17.7 Å². The number of rotatable bonds is 17. The van der Waals surface area contributed by atoms with Crippen LogP contribution in [0.5, 0.6) is 17.2 Å². The van der Waals surface area contributed by atoms with Crippen molar-refractivity contribution in [3.63, 3.8) is 0 Å². The summed E-state index contributed by atoms with van der Waals surface area (Å²) in [5.74, 6) is 0.673. The van der Waals surface area contributed by atoms with Gasteiger partial charge < -0.3 is 14.2 Å². The lowest BCUT2D eigenvalue weighted by molar-refractivity contribution is 0.0730. The van der Waals surface area contributed by atoms with Crippen molar-refractivity contribution in [2.45, 2.75) is 84.5 Å². The molecule has 3 rings (SSSR count). The van der Waals surface area contributed by atoms with Gasteiger partial charge in [0.1, 0.15) is 17.2 Å². The average Bonchev–Trinajstić information content (AvgIpc) is 2.96. The SMILES string of the molecule is CCCCCCCCOc1ccc(C(=O)Oc2ccc(C(=O)Oc3ccc(CCCCCC)cc3)cc2)cc1. The number of aryl methyl sites for hydroxylation is 1. The number of carbonyl (C=O) groups is 2. The molecule has 0 aromatic heterocycles. The number of hydrogen-bond acceptors (Lipinski definition) is 5. The van der Waals surface area contributed by atoms with E-state index in [1.54, 1.807) is 48.5 Å². The van der Waals surface area contributed by atoms with Crippen molar-refractivity contribution < 1.29 is 23.8 Å². The largest absolute Gasteiger partial charge is 0.494 e. The van der Waals surface area contributed by atoms with Crippen LogP contribution in [-0.4, -0.2) is 18.5 Å². The summed E-state index contributed by atoms with van der Waals surface area (Å²) >= 11 is 0. The molecular formula is C34H42O5. The predicted octanol–water partition coefficient (Wildman–Crippen LogP) is 8.99. The average molecular weight is 531 g/mol. The third-order valence-electron chi connectivity index (χ3n) is 6.61. The summed E-state index contributed by atoms with van der Waals surface area (Å²) in [5.41, 5.74) is 2.05. The summed E-state index contributed by atoms with van der Waals surface area (Å²) < 4.78 is 16.7. The number of benzene rings is 3. The lowest BCUT2D eigenvalue weighted by atomic mass is 10.1. The van der Waals surface area contributed by atoms with Crippen LogP contribution in [0.25, 0.3) is 0 Å². The number of unbranched alkanes of at least 4 members (excludes halogenated alkanes) is 8. The fraction of sp³-hybridized carbons (Fsp3) is 0.412. The Morgan fingerprint density at radius 3 is 1.49 bits per heavy atom. The fourth-order valence-electron chi connectivity index (χ4n) is 4.23. The second-order valence-corrected chi connectivity index (χ2v) is 9.90. The molecule has 0 aliphatic heterocycles. The van der Waals surface area contributed by atoms with Crippen molar-refractivity contribution >= 4 is 11.9 Å². The van der Waals surface area contributed by atoms with Crippen LogP contribution in [0.15, 0.2) is 72.8 Å². The molecule has 0 aliphatic rings. The minimum absolute atomic E-state index is 0.354. The molecular weight excluding hydrogens is 488 g/mol. The topological polar surface area (TPSA) is 61.8 Å². The van der Waals surface area contributed by atoms with Gasteiger partial charge in [-0.05, 0) is 85.5 Å². The molecule has 0 saturated heterocycles. The molecule has 0 spiro atoms. The number of hydrogen-bond donors (Lipinski definition) is 0. The predicted molar refractivity (Wildman–Crippen MR) is 156 cm³/mol. The van der Waals surface area contributed by atoms with Crippen molar-refractivity contribution in [1.29, 1.82) is 0 Å². The van der Waals surface area contributed by atoms with Crippen molar-refractivity contribution in [1.82, 2.24) is 0 Å². The smallest absolute Gasteiger partial charge is 0.343 e. The van der Waals surface area contributed by atoms with Gasteiger partial charge in [-0.1, -0.05) is 77.3 Å². The summed E-state index contributed by atoms with van der Waals surface area (Å²) in [6.07, 6.45) is 13.2. The molecule has 0 fully saturated rings. The van der Waals surface area contributed by atoms with Crippen LogP contribution >= 0.6 is 0 Å². The van der Waals surface area contributed by atoms with Gasteiger partial charge >= 0.3 is 11.9 Å². The van der Waals surface area contributed by atoms with Crippen molar-refractivity contribution in [2.75, 3.05) is 6.61 Å². The third kappa shape index (κ3) is 11.0. The highest BCUT2D eigenvalue weighted by Crippen LogP contribution is 2.20. The zero-order valence-electron chi connectivity index (χ0n) is 23.5. The first-order valence-corrected chi connectivity index (χ1v) is 14.4. The molecule has 0 saturated carbocycles. The third-order valence-corrected chi connectivity index (χ3v) is 6.61. The monoisotopic (exact) mass is 530 g/mol. The van der Waals surface area contributed by atoms with Crippen LogP contribution in [0.4, 0.5) is 0 Å². The van der Waals surface area contributed by atoms with Gasteiger partial charge in [-0.15, -0.1) is 0 Å². The van der Waals surface area contributed by atoms with E-state index in [2.05, 4.69) is 13.8 Å². The Labute approximate surface area is 233 Å². The highest BCUT2D eigenvalue weighted by molar-refractivity contribution is 5.92. The molecule has 3 aromatic carbocycles. The normalized spacial score (nSPS) is 10.7. The van der Waals surface area contributed by atoms with Gasteiger partial charge in [0.25, 0.3) is 0 Å². The molecule has 3 aromatic rings. The standard InChI is InChI=1S/C34H42O5/c1-3-5-7-9-10-12-26-37-30-22-16-28(17-23-30)33(35)39-32-24-18-29(19-25-32)34(36)38-31-20-14-27(15-21-31)13-11-8-6-4-2/h14-25H,3-13,26H2,1-2H3. The van der Waals surface area contributed by atoms with E-state index in [0.29, 0.717) is 29.2 Å². The molecule has 0 unspecified atom stereocenters. The highest BCUT2D eigenvalue weighted by atomic mass is 16.5. The molecule has 5 heteroatoms. The minimum atomic E-state index is -0.470. The van der Waals surface area contributed by atoms with Crippen molar-refractivity contribution in [3.8, 4) is 17.2 Å². The lowest BCUT2D eigenvalue weighted by Gasteiger charge is -2.09. The highest BCUT2D eigenvalue weighted by Gasteiger charge is 2.12. The zero-order valence-corrected chi connectivity index (χ0v) is 23.5. The maximum absolute atomic E-state index is 12.5. The molecule has 0 bridgehead atoms. The lowest BCUT2D eigenvalue weighted by Crippen LogP contribution is -2.10. The molecule has 0 aliphatic carbocycles. The van der Waals surface area contributed by atoms with Crippen LogP contribution in [-0.2, 0) is 6.42 Å². The second kappa shape index (κ2) is 17.1. The zero-order chi connectivity index (χ0) is 27.7. The van der Waals surface area contributed by atoms with Crippen LogP contribution in [0, 0.1) is 0 Å². The van der Waals surface area contributed by atoms with E-state index in [9.17, 15) is 9.59 Å². The van der Waals surface area contributed by atoms with Crippen LogP contribution in [0.3, 0.4) is 0 Å². The molecule has 39 heavy (non-hydrogen) atoms. The van der Waals surface area contributed by atoms with Gasteiger partial charge in [-0.25, -0.2) is 9.59 Å². The van der Waals surface area contributed by atoms with Crippen molar-refractivity contribution in [3.05, 3.63) is 89.5 Å². The van der Waals surface area contributed by atoms with Gasteiger partial charge in [-0.3, -0.25) is 0 Å². The van der Waals surface area contributed by atoms with Gasteiger partial charge in [0.15, 0.2) is 0 Å². The summed E-state index contributed by atoms with van der Waals surface area (Å²) in [6.45, 7) is 5.10.